The molecule has 0 amide bonds. The van der Waals surface area contributed by atoms with Crippen LogP contribution in [0.25, 0.3) is 0 Å². The van der Waals surface area contributed by atoms with Gasteiger partial charge in [-0.15, -0.1) is 0 Å². The number of aromatic nitrogens is 3. The highest BCUT2D eigenvalue weighted by molar-refractivity contribution is 5.81. The van der Waals surface area contributed by atoms with Crippen LogP contribution in [0.2, 0.25) is 0 Å². The average Bonchev–Trinajstić information content (AvgIpc) is 3.25. The molecule has 1 aliphatic heterocycles. The van der Waals surface area contributed by atoms with Crippen LogP contribution in [0.3, 0.4) is 0 Å². The fourth-order valence-electron chi connectivity index (χ4n) is 4.01. The van der Waals surface area contributed by atoms with Crippen molar-refractivity contribution in [2.45, 2.75) is 37.8 Å². The van der Waals surface area contributed by atoms with Crippen molar-refractivity contribution < 1.29 is 14.3 Å². The van der Waals surface area contributed by atoms with Crippen LogP contribution in [0.5, 0.6) is 0 Å². The third kappa shape index (κ3) is 3.55. The van der Waals surface area contributed by atoms with E-state index in [9.17, 15) is 14.3 Å². The highest BCUT2D eigenvalue weighted by Crippen LogP contribution is 2.45. The zero-order chi connectivity index (χ0) is 20.6. The Bertz CT molecular complexity index is 1130. The van der Waals surface area contributed by atoms with Gasteiger partial charge in [0.15, 0.2) is 0 Å². The van der Waals surface area contributed by atoms with Gasteiger partial charge in [0, 0.05) is 36.7 Å². The fourth-order valence-corrected chi connectivity index (χ4v) is 4.01. The topological polar surface area (TPSA) is 91.8 Å². The van der Waals surface area contributed by atoms with Gasteiger partial charge in [0.25, 0.3) is 0 Å². The summed E-state index contributed by atoms with van der Waals surface area (Å²) < 4.78 is 16.3. The van der Waals surface area contributed by atoms with Crippen LogP contribution < -0.4 is 0 Å². The Morgan fingerprint density at radius 3 is 2.97 bits per heavy atom. The summed E-state index contributed by atoms with van der Waals surface area (Å²) in [5.41, 5.74) is 1.29. The van der Waals surface area contributed by atoms with Gasteiger partial charge in [-0.25, -0.2) is 9.37 Å². The largest absolute Gasteiger partial charge is 0.383 e. The smallest absolute Gasteiger partial charge is 0.142 e. The summed E-state index contributed by atoms with van der Waals surface area (Å²) in [5.74, 6) is -0.674. The van der Waals surface area contributed by atoms with Gasteiger partial charge in [-0.1, -0.05) is 6.07 Å². The van der Waals surface area contributed by atoms with E-state index >= 15 is 0 Å². The molecule has 6 nitrogen and oxygen atoms in total. The number of ketones is 1. The summed E-state index contributed by atoms with van der Waals surface area (Å²) >= 11 is 0. The van der Waals surface area contributed by atoms with Gasteiger partial charge in [0.05, 0.1) is 35.9 Å². The molecule has 7 heteroatoms. The summed E-state index contributed by atoms with van der Waals surface area (Å²) in [6.45, 7) is 1.93. The van der Waals surface area contributed by atoms with Crippen molar-refractivity contribution in [3.8, 4) is 6.07 Å². The number of Topliss-reactive ketones (excluding diaryl/α,β-unsaturated/α-hetero) is 1. The molecule has 146 valence electrons. The minimum Gasteiger partial charge on any atom is -0.383 e. The second-order valence-electron chi connectivity index (χ2n) is 7.50. The highest BCUT2D eigenvalue weighted by atomic mass is 19.1. The predicted octanol–water partition coefficient (Wildman–Crippen LogP) is 2.98. The monoisotopic (exact) mass is 390 g/mol. The zero-order valence-electron chi connectivity index (χ0n) is 15.8. The number of carbonyl (C=O) groups excluding carboxylic acids is 1. The number of aliphatic hydroxyl groups is 1. The van der Waals surface area contributed by atoms with Crippen molar-refractivity contribution in [1.29, 1.82) is 5.26 Å². The Kier molecular flexibility index (Phi) is 4.73. The van der Waals surface area contributed by atoms with E-state index in [-0.39, 0.29) is 30.6 Å². The Morgan fingerprint density at radius 1 is 1.41 bits per heavy atom. The number of pyridine rings is 1. The van der Waals surface area contributed by atoms with Crippen molar-refractivity contribution in [3.63, 3.8) is 0 Å². The summed E-state index contributed by atoms with van der Waals surface area (Å²) in [6, 6.07) is 9.37. The molecule has 2 aromatic heterocycles. The van der Waals surface area contributed by atoms with Gasteiger partial charge in [0.1, 0.15) is 17.2 Å². The molecule has 0 aliphatic carbocycles. The van der Waals surface area contributed by atoms with Crippen LogP contribution >= 0.6 is 0 Å². The average molecular weight is 390 g/mol. The standard InChI is InChI=1S/C22H19FN4O2/c1-14-4-5-26-16(6-14)8-17(28)9-22(29)10-20(27-13-25-12-21(22)27)18-3-2-15(11-24)7-19(18)23/h2-7,12-13,20,29H,8-10H2,1H3/t20-,22-/m1/s1. The van der Waals surface area contributed by atoms with E-state index < -0.39 is 17.5 Å². The summed E-state index contributed by atoms with van der Waals surface area (Å²) in [4.78, 5) is 21.0. The molecule has 1 aromatic carbocycles. The lowest BCUT2D eigenvalue weighted by Gasteiger charge is -2.22. The summed E-state index contributed by atoms with van der Waals surface area (Å²) in [6.07, 6.45) is 4.86. The van der Waals surface area contributed by atoms with Crippen molar-refractivity contribution in [2.75, 3.05) is 0 Å². The molecule has 0 fully saturated rings. The van der Waals surface area contributed by atoms with Gasteiger partial charge in [-0.05, 0) is 36.8 Å². The van der Waals surface area contributed by atoms with Crippen LogP contribution in [0.15, 0.2) is 49.1 Å². The number of hydrogen-bond donors (Lipinski definition) is 1. The first-order chi connectivity index (χ1) is 13.9. The molecule has 0 bridgehead atoms. The van der Waals surface area contributed by atoms with E-state index in [0.29, 0.717) is 17.0 Å². The molecule has 3 aromatic rings. The number of imidazole rings is 1. The lowest BCUT2D eigenvalue weighted by molar-refractivity contribution is -0.123. The zero-order valence-corrected chi connectivity index (χ0v) is 15.8. The van der Waals surface area contributed by atoms with Crippen molar-refractivity contribution >= 4 is 5.78 Å². The fraction of sp³-hybridized carbons (Fsp3) is 0.273. The van der Waals surface area contributed by atoms with Gasteiger partial charge in [0.2, 0.25) is 0 Å². The van der Waals surface area contributed by atoms with E-state index in [4.69, 9.17) is 5.26 Å². The maximum atomic E-state index is 14.6. The number of halogens is 1. The van der Waals surface area contributed by atoms with Gasteiger partial charge < -0.3 is 9.67 Å². The van der Waals surface area contributed by atoms with Crippen molar-refractivity contribution in [2.24, 2.45) is 0 Å². The van der Waals surface area contributed by atoms with Crippen LogP contribution in [0, 0.1) is 24.1 Å². The molecule has 1 aliphatic rings. The number of hydrogen-bond acceptors (Lipinski definition) is 5. The first-order valence-electron chi connectivity index (χ1n) is 9.27. The maximum Gasteiger partial charge on any atom is 0.142 e. The third-order valence-corrected chi connectivity index (χ3v) is 5.34. The number of nitrogens with zero attached hydrogens (tertiary/aromatic N) is 4. The lowest BCUT2D eigenvalue weighted by atomic mass is 9.87. The first kappa shape index (κ1) is 19.0. The third-order valence-electron chi connectivity index (χ3n) is 5.34. The van der Waals surface area contributed by atoms with E-state index in [1.807, 2.05) is 25.1 Å². The van der Waals surface area contributed by atoms with E-state index in [1.54, 1.807) is 22.9 Å². The number of benzene rings is 1. The number of fused-ring (bicyclic) bond motifs is 1. The molecular formula is C22H19FN4O2. The van der Waals surface area contributed by atoms with Gasteiger partial charge in [-0.3, -0.25) is 9.78 Å². The van der Waals surface area contributed by atoms with Crippen LogP contribution in [-0.4, -0.2) is 25.4 Å². The van der Waals surface area contributed by atoms with Crippen LogP contribution in [0.1, 0.15) is 47.0 Å². The molecule has 29 heavy (non-hydrogen) atoms. The highest BCUT2D eigenvalue weighted by Gasteiger charge is 2.45. The van der Waals surface area contributed by atoms with Crippen LogP contribution in [0.4, 0.5) is 4.39 Å². The second-order valence-corrected chi connectivity index (χ2v) is 7.50. The summed E-state index contributed by atoms with van der Waals surface area (Å²) in [7, 11) is 0. The molecule has 4 rings (SSSR count). The molecule has 0 unspecified atom stereocenters. The predicted molar refractivity (Wildman–Crippen MR) is 102 cm³/mol. The molecule has 1 N–H and O–H groups in total. The Hall–Kier alpha value is -3.37. The number of rotatable bonds is 5. The van der Waals surface area contributed by atoms with Gasteiger partial charge >= 0.3 is 0 Å². The van der Waals surface area contributed by atoms with E-state index in [0.717, 1.165) is 5.56 Å². The quantitative estimate of drug-likeness (QED) is 0.723. The molecular weight excluding hydrogens is 371 g/mol. The Morgan fingerprint density at radius 2 is 2.24 bits per heavy atom. The molecule has 0 spiro atoms. The molecule has 2 atom stereocenters. The number of carbonyl (C=O) groups is 1. The minimum absolute atomic E-state index is 0.108. The maximum absolute atomic E-state index is 14.6. The first-order valence-corrected chi connectivity index (χ1v) is 9.27. The van der Waals surface area contributed by atoms with Crippen molar-refractivity contribution in [1.82, 2.24) is 14.5 Å². The Balaban J connectivity index is 1.59. The normalized spacial score (nSPS) is 20.3. The number of aryl methyl sites for hydroxylation is 1. The van der Waals surface area contributed by atoms with Gasteiger partial charge in [-0.2, -0.15) is 5.26 Å². The minimum atomic E-state index is -1.44. The molecule has 0 saturated heterocycles. The summed E-state index contributed by atoms with van der Waals surface area (Å²) in [5, 5.41) is 20.2. The lowest BCUT2D eigenvalue weighted by Crippen LogP contribution is -2.27. The molecule has 0 saturated carbocycles. The number of nitriles is 1. The SMILES string of the molecule is Cc1ccnc(CC(=O)C[C@@]2(O)C[C@H](c3ccc(C#N)cc3F)n3cncc32)c1. The second kappa shape index (κ2) is 7.22. The molecule has 0 radical (unpaired) electrons. The van der Waals surface area contributed by atoms with E-state index in [1.165, 1.54) is 18.6 Å². The van der Waals surface area contributed by atoms with Crippen LogP contribution in [-0.2, 0) is 16.8 Å². The van der Waals surface area contributed by atoms with E-state index in [2.05, 4.69) is 9.97 Å². The Labute approximate surface area is 167 Å². The van der Waals surface area contributed by atoms with Crippen molar-refractivity contribution in [3.05, 3.63) is 82.9 Å². The molecule has 3 heterocycles.